The van der Waals surface area contributed by atoms with Crippen molar-refractivity contribution in [1.29, 1.82) is 0 Å². The molecule has 0 bridgehead atoms. The molecule has 4 heteroatoms. The average molecular weight is 1610 g/mol. The van der Waals surface area contributed by atoms with E-state index < -0.39 is 21.7 Å². The topological polar surface area (TPSA) is 13.0 Å². The molecular weight excluding hydrogens is 1520 g/mol. The summed E-state index contributed by atoms with van der Waals surface area (Å²) >= 11 is 0. The Bertz CT molecular complexity index is 7740. The van der Waals surface area contributed by atoms with Crippen molar-refractivity contribution < 1.29 is 0 Å². The van der Waals surface area contributed by atoms with Crippen LogP contribution in [-0.4, -0.2) is 0 Å². The molecule has 0 aromatic heterocycles. The number of hydrogen-bond acceptors (Lipinski definition) is 4. The van der Waals surface area contributed by atoms with Gasteiger partial charge in [0.05, 0.1) is 45.0 Å². The molecular formula is C122H88N4. The van der Waals surface area contributed by atoms with Crippen molar-refractivity contribution in [2.75, 3.05) is 19.6 Å². The minimum absolute atomic E-state index is 0.539. The van der Waals surface area contributed by atoms with Crippen molar-refractivity contribution in [2.24, 2.45) is 0 Å². The van der Waals surface area contributed by atoms with Crippen LogP contribution in [0.3, 0.4) is 0 Å². The highest BCUT2D eigenvalue weighted by atomic mass is 15.2. The van der Waals surface area contributed by atoms with Crippen LogP contribution in [0.2, 0.25) is 0 Å². The van der Waals surface area contributed by atoms with Crippen LogP contribution >= 0.6 is 0 Å². The highest BCUT2D eigenvalue weighted by molar-refractivity contribution is 6.08. The van der Waals surface area contributed by atoms with Crippen molar-refractivity contribution in [3.05, 3.63) is 528 Å². The summed E-state index contributed by atoms with van der Waals surface area (Å²) in [6.45, 7) is 9.94. The molecule has 596 valence electrons. The van der Waals surface area contributed by atoms with Crippen LogP contribution in [0, 0.1) is 0 Å². The van der Waals surface area contributed by atoms with Gasteiger partial charge in [-0.3, -0.25) is 0 Å². The summed E-state index contributed by atoms with van der Waals surface area (Å²) in [5.41, 5.74) is 35.2. The molecule has 20 aromatic carbocycles. The smallest absolute Gasteiger partial charge is 0.0721 e. The molecule has 0 saturated carbocycles. The Balaban J connectivity index is 0.739. The van der Waals surface area contributed by atoms with Crippen LogP contribution in [-0.2, 0) is 21.7 Å². The maximum atomic E-state index is 2.63. The molecule has 4 aliphatic rings. The second-order valence-electron chi connectivity index (χ2n) is 35.3. The highest BCUT2D eigenvalue weighted by Gasteiger charge is 2.58. The molecule has 4 aliphatic carbocycles. The quantitative estimate of drug-likeness (QED) is 0.108. The number of nitrogens with zero attached hydrogens (tertiary/aromatic N) is 4. The van der Waals surface area contributed by atoms with Gasteiger partial charge < -0.3 is 19.6 Å². The third-order valence-corrected chi connectivity index (χ3v) is 28.0. The number of rotatable bonds is 14. The summed E-state index contributed by atoms with van der Waals surface area (Å²) in [7, 11) is 0. The predicted molar refractivity (Wildman–Crippen MR) is 527 cm³/mol. The van der Waals surface area contributed by atoms with Gasteiger partial charge in [0.25, 0.3) is 0 Å². The van der Waals surface area contributed by atoms with Crippen LogP contribution in [0.1, 0.15) is 94.5 Å². The van der Waals surface area contributed by atoms with Gasteiger partial charge in [0.2, 0.25) is 0 Å². The number of para-hydroxylation sites is 3. The van der Waals surface area contributed by atoms with Gasteiger partial charge in [0.15, 0.2) is 0 Å². The fourth-order valence-corrected chi connectivity index (χ4v) is 22.9. The zero-order valence-corrected chi connectivity index (χ0v) is 70.7. The molecule has 24 rings (SSSR count). The monoisotopic (exact) mass is 1610 g/mol. The minimum atomic E-state index is -0.843. The summed E-state index contributed by atoms with van der Waals surface area (Å²) in [5, 5.41) is 7.09. The van der Waals surface area contributed by atoms with E-state index in [1.807, 2.05) is 0 Å². The molecule has 4 nitrogen and oxygen atoms in total. The van der Waals surface area contributed by atoms with Crippen LogP contribution in [0.25, 0.3) is 76.8 Å². The van der Waals surface area contributed by atoms with Gasteiger partial charge in [0, 0.05) is 66.7 Å². The summed E-state index contributed by atoms with van der Waals surface area (Å²) < 4.78 is 0. The van der Waals surface area contributed by atoms with Gasteiger partial charge in [-0.1, -0.05) is 380 Å². The van der Waals surface area contributed by atoms with Crippen LogP contribution in [0.5, 0.6) is 0 Å². The zero-order valence-electron chi connectivity index (χ0n) is 70.7. The molecule has 2 spiro atoms. The first-order chi connectivity index (χ1) is 62.1. The van der Waals surface area contributed by atoms with Gasteiger partial charge in [0.1, 0.15) is 0 Å². The van der Waals surface area contributed by atoms with Crippen molar-refractivity contribution in [3.8, 4) is 44.5 Å². The van der Waals surface area contributed by atoms with Crippen molar-refractivity contribution >= 4 is 101 Å². The third kappa shape index (κ3) is 11.0. The maximum Gasteiger partial charge on any atom is 0.0721 e. The number of fused-ring (bicyclic) bond motifs is 21. The van der Waals surface area contributed by atoms with E-state index >= 15 is 0 Å². The van der Waals surface area contributed by atoms with Gasteiger partial charge in [-0.05, 0) is 231 Å². The molecule has 0 fully saturated rings. The Morgan fingerprint density at radius 3 is 1.02 bits per heavy atom. The highest BCUT2D eigenvalue weighted by Crippen LogP contribution is 2.69. The molecule has 2 atom stereocenters. The Morgan fingerprint density at radius 2 is 0.476 bits per heavy atom. The van der Waals surface area contributed by atoms with Crippen molar-refractivity contribution in [2.45, 2.75) is 49.4 Å². The fraction of sp³-hybridized carbons (Fsp3) is 0.0656. The molecule has 0 amide bonds. The molecule has 0 heterocycles. The lowest BCUT2D eigenvalue weighted by atomic mass is 9.55. The van der Waals surface area contributed by atoms with Gasteiger partial charge in [-0.25, -0.2) is 0 Å². The molecule has 0 N–H and O–H groups in total. The average Bonchev–Trinajstić information content (AvgIpc) is 1.46. The first kappa shape index (κ1) is 74.2. The molecule has 126 heavy (non-hydrogen) atoms. The van der Waals surface area contributed by atoms with Crippen molar-refractivity contribution in [1.82, 2.24) is 0 Å². The van der Waals surface area contributed by atoms with Gasteiger partial charge in [-0.2, -0.15) is 0 Å². The summed E-state index contributed by atoms with van der Waals surface area (Å²) in [6.07, 6.45) is 0. The lowest BCUT2D eigenvalue weighted by Crippen LogP contribution is -2.41. The SMILES string of the molecule is CC1(C)c2cc(N(c3ccccc3)c3cccc(-c4ccccc4)c3)ccc2C2(c3ccccc3-c3c(-c4cccc(N(c5cccc6c5C(C)(C)c5ccccc5C65c6ccccc6-c6c(N(c7ccccc7)c7cccc8ccccc78)cccc65)c5cccc6ccccc56)c4)cccc32)c2cccc(N(c3ccccc3)c3cccc4ccccc34)c21. The van der Waals surface area contributed by atoms with Gasteiger partial charge in [-0.15, -0.1) is 0 Å². The second kappa shape index (κ2) is 29.0. The van der Waals surface area contributed by atoms with Crippen LogP contribution in [0.15, 0.2) is 461 Å². The second-order valence-corrected chi connectivity index (χ2v) is 35.3. The molecule has 0 radical (unpaired) electrons. The zero-order chi connectivity index (χ0) is 84.0. The Labute approximate surface area is 736 Å². The minimum Gasteiger partial charge on any atom is -0.310 e. The van der Waals surface area contributed by atoms with Crippen LogP contribution in [0.4, 0.5) is 68.2 Å². The number of hydrogen-bond donors (Lipinski definition) is 0. The Kier molecular flexibility index (Phi) is 17.1. The molecule has 0 saturated heterocycles. The first-order valence-corrected chi connectivity index (χ1v) is 44.1. The molecule has 20 aromatic rings. The van der Waals surface area contributed by atoms with Gasteiger partial charge >= 0.3 is 0 Å². The van der Waals surface area contributed by atoms with E-state index in [2.05, 4.69) is 508 Å². The third-order valence-electron chi connectivity index (χ3n) is 28.0. The maximum absolute atomic E-state index is 2.63. The number of benzene rings is 20. The Hall–Kier alpha value is -15.6. The Morgan fingerprint density at radius 1 is 0.167 bits per heavy atom. The van der Waals surface area contributed by atoms with E-state index in [0.29, 0.717) is 0 Å². The normalized spacial score (nSPS) is 15.5. The summed E-state index contributed by atoms with van der Waals surface area (Å²) in [4.78, 5) is 10.2. The van der Waals surface area contributed by atoms with E-state index in [0.717, 1.165) is 84.8 Å². The van der Waals surface area contributed by atoms with Crippen LogP contribution < -0.4 is 19.6 Å². The van der Waals surface area contributed by atoms with E-state index in [-0.39, 0.29) is 0 Å². The van der Waals surface area contributed by atoms with E-state index in [4.69, 9.17) is 0 Å². The predicted octanol–water partition coefficient (Wildman–Crippen LogP) is 32.4. The largest absolute Gasteiger partial charge is 0.310 e. The standard InChI is InChI=1S/C122H88N4/c1-119(2)101-64-27-28-65-102(101)121(100-63-26-24-60-98(100)116-105(121)67-35-73-112(116)124(88-50-13-7-14-51-88)109-70-31-43-82-40-17-20-56-93(82)109)106-68-37-75-114(117(106)119)126(111-72-33-45-84-42-19-22-58-95(84)111)91-55-30-47-86(79-91)96-61-34-66-104-115(96)97-59-23-25-62-99(97)122(104)103-77-76-92(123(87-48-11-6-12-49-87)90-54-29-46-85(78-90)81-38-9-5-10-39-81)80-108(103)120(3,4)118-107(122)69-36-74-113(118)125(89-52-15-8-16-53-89)110-71-32-44-83-41-18-21-57-94(83)110/h5-80H,1-4H3. The fourth-order valence-electron chi connectivity index (χ4n) is 22.9. The van der Waals surface area contributed by atoms with E-state index in [9.17, 15) is 0 Å². The van der Waals surface area contributed by atoms with E-state index in [1.54, 1.807) is 0 Å². The number of anilines is 12. The summed E-state index contributed by atoms with van der Waals surface area (Å²) in [5.74, 6) is 0. The lowest BCUT2D eigenvalue weighted by molar-refractivity contribution is 0.564. The van der Waals surface area contributed by atoms with Crippen molar-refractivity contribution in [3.63, 3.8) is 0 Å². The molecule has 2 unspecified atom stereocenters. The first-order valence-electron chi connectivity index (χ1n) is 44.1. The lowest BCUT2D eigenvalue weighted by Gasteiger charge is -2.49. The van der Waals surface area contributed by atoms with E-state index in [1.165, 1.54) is 127 Å². The summed E-state index contributed by atoms with van der Waals surface area (Å²) in [6, 6.07) is 174. The molecule has 0 aliphatic heterocycles.